The molecule has 0 aliphatic rings. The maximum absolute atomic E-state index is 12.0. The topological polar surface area (TPSA) is 48.7 Å². The SMILES string of the molecule is CN(Cc1ccc(Br)o1)C(=O)NCCCN(C)c1ccccc1. The Balaban J connectivity index is 1.66. The fraction of sp³-hybridized carbons (Fsp3) is 0.353. The van der Waals surface area contributed by atoms with Gasteiger partial charge in [-0.15, -0.1) is 0 Å². The Morgan fingerprint density at radius 3 is 2.57 bits per heavy atom. The summed E-state index contributed by atoms with van der Waals surface area (Å²) >= 11 is 3.25. The van der Waals surface area contributed by atoms with Gasteiger partial charge in [-0.3, -0.25) is 0 Å². The van der Waals surface area contributed by atoms with Gasteiger partial charge in [0.2, 0.25) is 0 Å². The number of nitrogens with one attached hydrogen (secondary N) is 1. The second-order valence-electron chi connectivity index (χ2n) is 5.40. The summed E-state index contributed by atoms with van der Waals surface area (Å²) in [5, 5.41) is 2.92. The molecule has 5 nitrogen and oxygen atoms in total. The van der Waals surface area contributed by atoms with Gasteiger partial charge in [0.15, 0.2) is 4.67 Å². The highest BCUT2D eigenvalue weighted by Gasteiger charge is 2.10. The smallest absolute Gasteiger partial charge is 0.317 e. The number of hydrogen-bond acceptors (Lipinski definition) is 3. The highest BCUT2D eigenvalue weighted by molar-refractivity contribution is 9.10. The van der Waals surface area contributed by atoms with E-state index in [0.717, 1.165) is 18.7 Å². The van der Waals surface area contributed by atoms with Crippen molar-refractivity contribution in [1.82, 2.24) is 10.2 Å². The molecule has 1 N–H and O–H groups in total. The summed E-state index contributed by atoms with van der Waals surface area (Å²) < 4.78 is 6.07. The fourth-order valence-corrected chi connectivity index (χ4v) is 2.54. The summed E-state index contributed by atoms with van der Waals surface area (Å²) in [4.78, 5) is 15.8. The Morgan fingerprint density at radius 1 is 1.17 bits per heavy atom. The minimum absolute atomic E-state index is 0.0973. The van der Waals surface area contributed by atoms with Crippen LogP contribution in [0.1, 0.15) is 12.2 Å². The van der Waals surface area contributed by atoms with Crippen LogP contribution in [0.4, 0.5) is 10.5 Å². The van der Waals surface area contributed by atoms with E-state index in [4.69, 9.17) is 4.42 Å². The Morgan fingerprint density at radius 2 is 1.91 bits per heavy atom. The van der Waals surface area contributed by atoms with Gasteiger partial charge in [-0.25, -0.2) is 4.79 Å². The number of para-hydroxylation sites is 1. The van der Waals surface area contributed by atoms with Crippen LogP contribution < -0.4 is 10.2 Å². The molecule has 2 amide bonds. The first-order valence-electron chi connectivity index (χ1n) is 7.55. The number of rotatable bonds is 7. The second-order valence-corrected chi connectivity index (χ2v) is 6.19. The van der Waals surface area contributed by atoms with Crippen LogP contribution in [0.25, 0.3) is 0 Å². The summed E-state index contributed by atoms with van der Waals surface area (Å²) in [6.45, 7) is 1.97. The molecule has 1 aromatic carbocycles. The van der Waals surface area contributed by atoms with Gasteiger partial charge in [0.1, 0.15) is 5.76 Å². The number of halogens is 1. The van der Waals surface area contributed by atoms with Gasteiger partial charge in [0.25, 0.3) is 0 Å². The van der Waals surface area contributed by atoms with Crippen molar-refractivity contribution in [3.05, 3.63) is 52.9 Å². The maximum atomic E-state index is 12.0. The van der Waals surface area contributed by atoms with Crippen LogP contribution >= 0.6 is 15.9 Å². The van der Waals surface area contributed by atoms with Gasteiger partial charge in [-0.2, -0.15) is 0 Å². The Kier molecular flexibility index (Phi) is 6.52. The number of nitrogens with zero attached hydrogens (tertiary/aromatic N) is 2. The Bertz CT molecular complexity index is 615. The Labute approximate surface area is 145 Å². The molecule has 23 heavy (non-hydrogen) atoms. The van der Waals surface area contributed by atoms with Crippen molar-refractivity contribution in [2.24, 2.45) is 0 Å². The van der Waals surface area contributed by atoms with Crippen LogP contribution in [0.5, 0.6) is 0 Å². The third-order valence-corrected chi connectivity index (χ3v) is 3.94. The van der Waals surface area contributed by atoms with Crippen molar-refractivity contribution in [1.29, 1.82) is 0 Å². The number of carbonyl (C=O) groups excluding carboxylic acids is 1. The van der Waals surface area contributed by atoms with E-state index < -0.39 is 0 Å². The Hall–Kier alpha value is -1.95. The third-order valence-electron chi connectivity index (χ3n) is 3.51. The predicted molar refractivity (Wildman–Crippen MR) is 95.6 cm³/mol. The van der Waals surface area contributed by atoms with E-state index in [2.05, 4.69) is 45.3 Å². The van der Waals surface area contributed by atoms with E-state index in [9.17, 15) is 4.79 Å². The maximum Gasteiger partial charge on any atom is 0.317 e. The highest BCUT2D eigenvalue weighted by Crippen LogP contribution is 2.15. The standard InChI is InChI=1S/C17H22BrN3O2/c1-20(14-7-4-3-5-8-14)12-6-11-19-17(22)21(2)13-15-9-10-16(18)23-15/h3-5,7-10H,6,11-13H2,1-2H3,(H,19,22). The number of hydrogen-bond donors (Lipinski definition) is 1. The molecule has 0 aliphatic heterocycles. The molecular formula is C17H22BrN3O2. The average molecular weight is 380 g/mol. The molecule has 0 saturated carbocycles. The molecule has 2 aromatic rings. The van der Waals surface area contributed by atoms with E-state index >= 15 is 0 Å². The molecule has 1 heterocycles. The first kappa shape index (κ1) is 17.4. The van der Waals surface area contributed by atoms with Gasteiger partial charge < -0.3 is 19.5 Å². The van der Waals surface area contributed by atoms with Gasteiger partial charge in [0.05, 0.1) is 6.54 Å². The lowest BCUT2D eigenvalue weighted by Crippen LogP contribution is -2.38. The van der Waals surface area contributed by atoms with Crippen molar-refractivity contribution in [3.8, 4) is 0 Å². The third kappa shape index (κ3) is 5.63. The second kappa shape index (κ2) is 8.62. The largest absolute Gasteiger partial charge is 0.452 e. The van der Waals surface area contributed by atoms with Crippen LogP contribution in [0.15, 0.2) is 51.6 Å². The van der Waals surface area contributed by atoms with E-state index in [1.54, 1.807) is 11.9 Å². The first-order valence-corrected chi connectivity index (χ1v) is 8.35. The minimum Gasteiger partial charge on any atom is -0.452 e. The van der Waals surface area contributed by atoms with E-state index in [0.29, 0.717) is 17.8 Å². The molecule has 2 rings (SSSR count). The van der Waals surface area contributed by atoms with Gasteiger partial charge in [-0.1, -0.05) is 18.2 Å². The van der Waals surface area contributed by atoms with Gasteiger partial charge in [0, 0.05) is 32.9 Å². The van der Waals surface area contributed by atoms with Crippen LogP contribution in [-0.2, 0) is 6.54 Å². The van der Waals surface area contributed by atoms with Gasteiger partial charge in [-0.05, 0) is 46.6 Å². The van der Waals surface area contributed by atoms with Crippen molar-refractivity contribution in [3.63, 3.8) is 0 Å². The zero-order valence-electron chi connectivity index (χ0n) is 13.5. The lowest BCUT2D eigenvalue weighted by Gasteiger charge is -2.20. The predicted octanol–water partition coefficient (Wildman–Crippen LogP) is 3.71. The number of carbonyl (C=O) groups is 1. The molecule has 0 unspecified atom stereocenters. The molecule has 0 fully saturated rings. The van der Waals surface area contributed by atoms with Crippen molar-refractivity contribution in [2.45, 2.75) is 13.0 Å². The number of anilines is 1. The zero-order valence-corrected chi connectivity index (χ0v) is 15.0. The van der Waals surface area contributed by atoms with E-state index in [1.165, 1.54) is 5.69 Å². The van der Waals surface area contributed by atoms with Crippen molar-refractivity contribution < 1.29 is 9.21 Å². The zero-order chi connectivity index (χ0) is 16.7. The molecule has 0 bridgehead atoms. The lowest BCUT2D eigenvalue weighted by molar-refractivity contribution is 0.202. The molecular weight excluding hydrogens is 358 g/mol. The highest BCUT2D eigenvalue weighted by atomic mass is 79.9. The molecule has 0 spiro atoms. The molecule has 0 saturated heterocycles. The molecule has 6 heteroatoms. The van der Waals surface area contributed by atoms with Crippen molar-refractivity contribution >= 4 is 27.6 Å². The van der Waals surface area contributed by atoms with Crippen molar-refractivity contribution in [2.75, 3.05) is 32.1 Å². The summed E-state index contributed by atoms with van der Waals surface area (Å²) in [6, 6.07) is 13.8. The summed E-state index contributed by atoms with van der Waals surface area (Å²) in [5.41, 5.74) is 1.18. The quantitative estimate of drug-likeness (QED) is 0.745. The minimum atomic E-state index is -0.0973. The molecule has 124 valence electrons. The van der Waals surface area contributed by atoms with Crippen LogP contribution in [-0.4, -0.2) is 38.1 Å². The average Bonchev–Trinajstić information content (AvgIpc) is 2.96. The van der Waals surface area contributed by atoms with Crippen LogP contribution in [0, 0.1) is 0 Å². The fourth-order valence-electron chi connectivity index (χ4n) is 2.20. The summed E-state index contributed by atoms with van der Waals surface area (Å²) in [5.74, 6) is 0.748. The number of amides is 2. The molecule has 1 aromatic heterocycles. The normalized spacial score (nSPS) is 10.4. The molecule has 0 aliphatic carbocycles. The monoisotopic (exact) mass is 379 g/mol. The lowest BCUT2D eigenvalue weighted by atomic mass is 10.3. The van der Waals surface area contributed by atoms with Crippen LogP contribution in [0.2, 0.25) is 0 Å². The van der Waals surface area contributed by atoms with E-state index in [-0.39, 0.29) is 6.03 Å². The van der Waals surface area contributed by atoms with Crippen LogP contribution in [0.3, 0.4) is 0 Å². The van der Waals surface area contributed by atoms with Gasteiger partial charge >= 0.3 is 6.03 Å². The summed E-state index contributed by atoms with van der Waals surface area (Å²) in [6.07, 6.45) is 0.886. The molecule has 0 radical (unpaired) electrons. The number of furan rings is 1. The number of urea groups is 1. The van der Waals surface area contributed by atoms with E-state index in [1.807, 2.05) is 30.3 Å². The summed E-state index contributed by atoms with van der Waals surface area (Å²) in [7, 11) is 3.81. The molecule has 0 atom stereocenters. The first-order chi connectivity index (χ1) is 11.1. The number of benzene rings is 1.